The Labute approximate surface area is 93.8 Å². The van der Waals surface area contributed by atoms with E-state index in [4.69, 9.17) is 5.73 Å². The molecule has 2 rings (SSSR count). The van der Waals surface area contributed by atoms with Crippen molar-refractivity contribution in [1.82, 2.24) is 4.98 Å². The predicted octanol–water partition coefficient (Wildman–Crippen LogP) is 2.69. The lowest BCUT2D eigenvalue weighted by atomic mass is 10.0. The van der Waals surface area contributed by atoms with Crippen LogP contribution in [0.4, 0.5) is 0 Å². The molecule has 0 amide bonds. The van der Waals surface area contributed by atoms with Crippen molar-refractivity contribution < 1.29 is 0 Å². The molecule has 1 atom stereocenters. The summed E-state index contributed by atoms with van der Waals surface area (Å²) in [4.78, 5) is 4.24. The molecule has 0 saturated heterocycles. The number of aryl methyl sites for hydroxylation is 1. The summed E-state index contributed by atoms with van der Waals surface area (Å²) in [5, 5.41) is 3.09. The molecular weight excluding hydrogens is 204 g/mol. The van der Waals surface area contributed by atoms with Crippen molar-refractivity contribution >= 4 is 11.3 Å². The van der Waals surface area contributed by atoms with E-state index in [1.54, 1.807) is 11.3 Å². The van der Waals surface area contributed by atoms with Crippen molar-refractivity contribution in [3.05, 3.63) is 52.0 Å². The zero-order valence-electron chi connectivity index (χ0n) is 8.68. The molecule has 0 fully saturated rings. The third kappa shape index (κ3) is 2.64. The summed E-state index contributed by atoms with van der Waals surface area (Å²) in [6.07, 6.45) is 2.64. The summed E-state index contributed by atoms with van der Waals surface area (Å²) in [5.74, 6) is 0. The zero-order valence-corrected chi connectivity index (χ0v) is 9.50. The molecule has 0 radical (unpaired) electrons. The van der Waals surface area contributed by atoms with Crippen molar-refractivity contribution in [1.29, 1.82) is 0 Å². The molecule has 15 heavy (non-hydrogen) atoms. The number of nitrogens with zero attached hydrogens (tertiary/aromatic N) is 1. The molecule has 1 heterocycles. The molecule has 0 aliphatic heterocycles. The van der Waals surface area contributed by atoms with Gasteiger partial charge >= 0.3 is 0 Å². The summed E-state index contributed by atoms with van der Waals surface area (Å²) >= 11 is 1.66. The van der Waals surface area contributed by atoms with Gasteiger partial charge in [0.05, 0.1) is 5.01 Å². The van der Waals surface area contributed by atoms with E-state index >= 15 is 0 Å². The van der Waals surface area contributed by atoms with Crippen LogP contribution in [0, 0.1) is 6.92 Å². The second-order valence-electron chi connectivity index (χ2n) is 3.65. The number of thiazole rings is 1. The highest BCUT2D eigenvalue weighted by atomic mass is 32.1. The van der Waals surface area contributed by atoms with E-state index in [1.807, 2.05) is 17.6 Å². The van der Waals surface area contributed by atoms with Crippen LogP contribution in [0.3, 0.4) is 0 Å². The van der Waals surface area contributed by atoms with E-state index in [9.17, 15) is 0 Å². The molecule has 1 aromatic heterocycles. The first-order valence-corrected chi connectivity index (χ1v) is 5.84. The highest BCUT2D eigenvalue weighted by Crippen LogP contribution is 2.18. The molecule has 0 spiro atoms. The average molecular weight is 218 g/mol. The van der Waals surface area contributed by atoms with Crippen molar-refractivity contribution in [2.75, 3.05) is 0 Å². The fraction of sp³-hybridized carbons (Fsp3) is 0.250. The van der Waals surface area contributed by atoms with E-state index in [0.717, 1.165) is 11.4 Å². The lowest BCUT2D eigenvalue weighted by Gasteiger charge is -2.10. The van der Waals surface area contributed by atoms with Crippen LogP contribution in [-0.4, -0.2) is 4.98 Å². The third-order valence-electron chi connectivity index (χ3n) is 2.35. The van der Waals surface area contributed by atoms with Gasteiger partial charge in [-0.3, -0.25) is 0 Å². The lowest BCUT2D eigenvalue weighted by Crippen LogP contribution is -2.13. The van der Waals surface area contributed by atoms with Gasteiger partial charge in [-0.05, 0) is 12.5 Å². The maximum absolute atomic E-state index is 6.12. The Morgan fingerprint density at radius 3 is 3.00 bits per heavy atom. The average Bonchev–Trinajstić information content (AvgIpc) is 2.70. The first-order valence-electron chi connectivity index (χ1n) is 4.96. The highest BCUT2D eigenvalue weighted by molar-refractivity contribution is 7.09. The Balaban J connectivity index is 2.11. The minimum absolute atomic E-state index is 0.0519. The number of benzene rings is 1. The molecule has 2 N–H and O–H groups in total. The summed E-state index contributed by atoms with van der Waals surface area (Å²) in [7, 11) is 0. The fourth-order valence-corrected chi connectivity index (χ4v) is 2.24. The van der Waals surface area contributed by atoms with Crippen LogP contribution in [0.25, 0.3) is 0 Å². The molecule has 3 heteroatoms. The lowest BCUT2D eigenvalue weighted by molar-refractivity contribution is 0.717. The largest absolute Gasteiger partial charge is 0.324 e. The van der Waals surface area contributed by atoms with Gasteiger partial charge in [-0.2, -0.15) is 0 Å². The smallest absolute Gasteiger partial charge is 0.0943 e. The van der Waals surface area contributed by atoms with Gasteiger partial charge in [0.15, 0.2) is 0 Å². The summed E-state index contributed by atoms with van der Waals surface area (Å²) in [6, 6.07) is 8.39. The monoisotopic (exact) mass is 218 g/mol. The van der Waals surface area contributed by atoms with Crippen LogP contribution in [0.15, 0.2) is 35.8 Å². The topological polar surface area (TPSA) is 38.9 Å². The van der Waals surface area contributed by atoms with Crippen LogP contribution in [0.5, 0.6) is 0 Å². The van der Waals surface area contributed by atoms with Crippen LogP contribution in [0.2, 0.25) is 0 Å². The molecule has 1 aromatic carbocycles. The molecule has 78 valence electrons. The number of aromatic nitrogens is 1. The maximum Gasteiger partial charge on any atom is 0.0943 e. The molecule has 1 unspecified atom stereocenters. The van der Waals surface area contributed by atoms with Crippen LogP contribution < -0.4 is 5.73 Å². The van der Waals surface area contributed by atoms with E-state index in [0.29, 0.717) is 0 Å². The summed E-state index contributed by atoms with van der Waals surface area (Å²) in [5.41, 5.74) is 8.56. The summed E-state index contributed by atoms with van der Waals surface area (Å²) in [6.45, 7) is 2.08. The van der Waals surface area contributed by atoms with Crippen molar-refractivity contribution in [3.8, 4) is 0 Å². The molecule has 0 aliphatic rings. The standard InChI is InChI=1S/C12H14N2S/c1-9-3-2-4-10(7-9)11(13)8-12-14-5-6-15-12/h2-7,11H,8,13H2,1H3. The van der Waals surface area contributed by atoms with Crippen LogP contribution in [-0.2, 0) is 6.42 Å². The molecular formula is C12H14N2S. The number of hydrogen-bond donors (Lipinski definition) is 1. The number of rotatable bonds is 3. The van der Waals surface area contributed by atoms with Gasteiger partial charge in [0.2, 0.25) is 0 Å². The van der Waals surface area contributed by atoms with Crippen molar-refractivity contribution in [3.63, 3.8) is 0 Å². The first kappa shape index (κ1) is 10.3. The molecule has 2 nitrogen and oxygen atoms in total. The van der Waals surface area contributed by atoms with E-state index < -0.39 is 0 Å². The molecule has 2 aromatic rings. The van der Waals surface area contributed by atoms with Gasteiger partial charge in [0.25, 0.3) is 0 Å². The Kier molecular flexibility index (Phi) is 3.14. The van der Waals surface area contributed by atoms with Crippen molar-refractivity contribution in [2.24, 2.45) is 5.73 Å². The quantitative estimate of drug-likeness (QED) is 0.860. The Bertz CT molecular complexity index is 423. The molecule has 0 aliphatic carbocycles. The minimum atomic E-state index is 0.0519. The SMILES string of the molecule is Cc1cccc(C(N)Cc2nccs2)c1. The predicted molar refractivity (Wildman–Crippen MR) is 63.9 cm³/mol. The van der Waals surface area contributed by atoms with E-state index in [2.05, 4.69) is 30.1 Å². The van der Waals surface area contributed by atoms with Gasteiger partial charge < -0.3 is 5.73 Å². The van der Waals surface area contributed by atoms with Gasteiger partial charge in [-0.25, -0.2) is 4.98 Å². The fourth-order valence-electron chi connectivity index (χ4n) is 1.56. The van der Waals surface area contributed by atoms with Gasteiger partial charge in [-0.1, -0.05) is 29.8 Å². The van der Waals surface area contributed by atoms with Gasteiger partial charge in [0.1, 0.15) is 0 Å². The highest BCUT2D eigenvalue weighted by Gasteiger charge is 2.08. The number of hydrogen-bond acceptors (Lipinski definition) is 3. The van der Waals surface area contributed by atoms with Crippen LogP contribution in [0.1, 0.15) is 22.2 Å². The first-order chi connectivity index (χ1) is 7.25. The normalized spacial score (nSPS) is 12.7. The number of nitrogens with two attached hydrogens (primary N) is 1. The Hall–Kier alpha value is -1.19. The second-order valence-corrected chi connectivity index (χ2v) is 4.63. The maximum atomic E-state index is 6.12. The van der Waals surface area contributed by atoms with E-state index in [1.165, 1.54) is 11.1 Å². The Morgan fingerprint density at radius 2 is 2.33 bits per heavy atom. The molecule has 0 bridgehead atoms. The van der Waals surface area contributed by atoms with Crippen LogP contribution >= 0.6 is 11.3 Å². The Morgan fingerprint density at radius 1 is 1.47 bits per heavy atom. The van der Waals surface area contributed by atoms with Gasteiger partial charge in [-0.15, -0.1) is 11.3 Å². The van der Waals surface area contributed by atoms with E-state index in [-0.39, 0.29) is 6.04 Å². The van der Waals surface area contributed by atoms with Crippen molar-refractivity contribution in [2.45, 2.75) is 19.4 Å². The zero-order chi connectivity index (χ0) is 10.7. The summed E-state index contributed by atoms with van der Waals surface area (Å²) < 4.78 is 0. The third-order valence-corrected chi connectivity index (χ3v) is 3.15. The molecule has 0 saturated carbocycles. The minimum Gasteiger partial charge on any atom is -0.324 e. The second kappa shape index (κ2) is 4.55. The van der Waals surface area contributed by atoms with Gasteiger partial charge in [0, 0.05) is 24.0 Å².